The molecule has 5 nitrogen and oxygen atoms in total. The predicted octanol–water partition coefficient (Wildman–Crippen LogP) is 3.88. The fourth-order valence-corrected chi connectivity index (χ4v) is 3.96. The quantitative estimate of drug-likeness (QED) is 0.630. The second-order valence-corrected chi connectivity index (χ2v) is 7.76. The van der Waals surface area contributed by atoms with Crippen LogP contribution < -0.4 is 20.1 Å². The Labute approximate surface area is 170 Å². The molecule has 1 heterocycles. The molecule has 1 fully saturated rings. The fourth-order valence-electron chi connectivity index (χ4n) is 3.96. The van der Waals surface area contributed by atoms with Crippen molar-refractivity contribution in [3.63, 3.8) is 0 Å². The van der Waals surface area contributed by atoms with Gasteiger partial charge >= 0.3 is 0 Å². The molecule has 0 saturated heterocycles. The molecule has 2 N–H and O–H groups in total. The first-order valence-electron chi connectivity index (χ1n) is 10.2. The van der Waals surface area contributed by atoms with E-state index in [1.807, 2.05) is 18.2 Å². The molecule has 0 radical (unpaired) electrons. The van der Waals surface area contributed by atoms with Crippen molar-refractivity contribution in [2.24, 2.45) is 5.92 Å². The van der Waals surface area contributed by atoms with Crippen LogP contribution >= 0.6 is 0 Å². The zero-order chi connectivity index (χ0) is 20.2. The minimum atomic E-state index is -0.210. The van der Waals surface area contributed by atoms with Gasteiger partial charge in [0.25, 0.3) is 0 Å². The van der Waals surface area contributed by atoms with Gasteiger partial charge in [0, 0.05) is 23.7 Å². The Morgan fingerprint density at radius 1 is 1.21 bits per heavy atom. The Morgan fingerprint density at radius 2 is 2.10 bits per heavy atom. The van der Waals surface area contributed by atoms with Crippen LogP contribution in [-0.4, -0.2) is 32.7 Å². The number of rotatable bonds is 9. The maximum Gasteiger partial charge on any atom is 0.224 e. The van der Waals surface area contributed by atoms with Crippen LogP contribution in [0.25, 0.3) is 0 Å². The summed E-state index contributed by atoms with van der Waals surface area (Å²) in [7, 11) is 1.63. The topological polar surface area (TPSA) is 59.6 Å². The third-order valence-corrected chi connectivity index (χ3v) is 5.66. The van der Waals surface area contributed by atoms with Crippen molar-refractivity contribution in [3.8, 4) is 11.5 Å². The molecule has 2 aliphatic rings. The molecule has 2 aromatic rings. The van der Waals surface area contributed by atoms with E-state index in [2.05, 4.69) is 10.6 Å². The number of hydrogen-bond donors (Lipinski definition) is 2. The van der Waals surface area contributed by atoms with E-state index in [1.54, 1.807) is 19.2 Å². The van der Waals surface area contributed by atoms with Gasteiger partial charge in [0.05, 0.1) is 13.7 Å². The lowest BCUT2D eigenvalue weighted by Crippen LogP contribution is -2.20. The lowest BCUT2D eigenvalue weighted by molar-refractivity contribution is -0.116. The molecule has 0 bridgehead atoms. The van der Waals surface area contributed by atoms with Crippen molar-refractivity contribution in [1.82, 2.24) is 5.32 Å². The average Bonchev–Trinajstić information content (AvgIpc) is 3.49. The first-order chi connectivity index (χ1) is 14.1. The van der Waals surface area contributed by atoms with E-state index in [-0.39, 0.29) is 11.7 Å². The van der Waals surface area contributed by atoms with E-state index in [1.165, 1.54) is 6.07 Å². The number of hydrogen-bond acceptors (Lipinski definition) is 4. The number of methoxy groups -OCH3 is 1. The van der Waals surface area contributed by atoms with Gasteiger partial charge in [-0.05, 0) is 74.0 Å². The minimum Gasteiger partial charge on any atom is -0.496 e. The van der Waals surface area contributed by atoms with Crippen LogP contribution in [-0.2, 0) is 11.2 Å². The number of fused-ring (bicyclic) bond motifs is 1. The maximum absolute atomic E-state index is 13.5. The first-order valence-corrected chi connectivity index (χ1v) is 10.2. The lowest BCUT2D eigenvalue weighted by Gasteiger charge is -2.17. The highest BCUT2D eigenvalue weighted by atomic mass is 19.1. The van der Waals surface area contributed by atoms with Crippen molar-refractivity contribution in [2.45, 2.75) is 31.6 Å². The zero-order valence-corrected chi connectivity index (χ0v) is 16.7. The van der Waals surface area contributed by atoms with E-state index in [0.717, 1.165) is 60.7 Å². The number of amides is 1. The molecule has 2 unspecified atom stereocenters. The van der Waals surface area contributed by atoms with Crippen LogP contribution in [0.15, 0.2) is 36.4 Å². The summed E-state index contributed by atoms with van der Waals surface area (Å²) in [6, 6.07) is 10.6. The molecule has 1 amide bonds. The monoisotopic (exact) mass is 398 g/mol. The Kier molecular flexibility index (Phi) is 6.00. The molecular weight excluding hydrogens is 371 g/mol. The van der Waals surface area contributed by atoms with Gasteiger partial charge in [0.1, 0.15) is 17.3 Å². The molecule has 1 aliphatic carbocycles. The van der Waals surface area contributed by atoms with Crippen molar-refractivity contribution in [1.29, 1.82) is 0 Å². The van der Waals surface area contributed by atoms with Gasteiger partial charge < -0.3 is 20.1 Å². The molecule has 4 rings (SSSR count). The van der Waals surface area contributed by atoms with E-state index in [4.69, 9.17) is 9.47 Å². The largest absolute Gasteiger partial charge is 0.496 e. The van der Waals surface area contributed by atoms with Gasteiger partial charge in [-0.15, -0.1) is 0 Å². The van der Waals surface area contributed by atoms with E-state index < -0.39 is 0 Å². The van der Waals surface area contributed by atoms with Gasteiger partial charge in [0.15, 0.2) is 0 Å². The van der Waals surface area contributed by atoms with Gasteiger partial charge in [-0.2, -0.15) is 0 Å². The number of aryl methyl sites for hydroxylation is 1. The minimum absolute atomic E-state index is 0.0630. The second kappa shape index (κ2) is 8.82. The number of nitrogens with one attached hydrogen (secondary N) is 2. The summed E-state index contributed by atoms with van der Waals surface area (Å²) in [6.07, 6.45) is 3.29. The van der Waals surface area contributed by atoms with Crippen LogP contribution in [0.5, 0.6) is 11.5 Å². The summed E-state index contributed by atoms with van der Waals surface area (Å²) in [6.45, 7) is 2.39. The molecule has 0 aromatic heterocycles. The number of ether oxygens (including phenoxy) is 2. The molecule has 1 saturated carbocycles. The van der Waals surface area contributed by atoms with Crippen molar-refractivity contribution in [2.75, 3.05) is 32.1 Å². The highest BCUT2D eigenvalue weighted by Crippen LogP contribution is 2.50. The molecule has 29 heavy (non-hydrogen) atoms. The lowest BCUT2D eigenvalue weighted by atomic mass is 10.0. The predicted molar refractivity (Wildman–Crippen MR) is 110 cm³/mol. The van der Waals surface area contributed by atoms with Crippen LogP contribution in [0.4, 0.5) is 10.1 Å². The van der Waals surface area contributed by atoms with Crippen LogP contribution in [0.1, 0.15) is 36.3 Å². The average molecular weight is 398 g/mol. The molecule has 2 aromatic carbocycles. The molecular formula is C23H27FN2O3. The van der Waals surface area contributed by atoms with Crippen LogP contribution in [0.2, 0.25) is 0 Å². The summed E-state index contributed by atoms with van der Waals surface area (Å²) >= 11 is 0. The van der Waals surface area contributed by atoms with Gasteiger partial charge in [-0.25, -0.2) is 4.39 Å². The van der Waals surface area contributed by atoms with E-state index in [0.29, 0.717) is 24.9 Å². The Bertz CT molecular complexity index is 886. The summed E-state index contributed by atoms with van der Waals surface area (Å²) < 4.78 is 24.7. The zero-order valence-electron chi connectivity index (χ0n) is 16.7. The van der Waals surface area contributed by atoms with Crippen molar-refractivity contribution in [3.05, 3.63) is 53.3 Å². The molecule has 0 spiro atoms. The first kappa shape index (κ1) is 19.7. The SMILES string of the molecule is COc1ccc(F)cc1C1CC1CNCCCOc1ccc2c(c1)NC(=O)CC2. The van der Waals surface area contributed by atoms with Crippen molar-refractivity contribution < 1.29 is 18.7 Å². The van der Waals surface area contributed by atoms with Crippen molar-refractivity contribution >= 4 is 11.6 Å². The highest BCUT2D eigenvalue weighted by molar-refractivity contribution is 5.94. The normalized spacial score (nSPS) is 20.0. The molecule has 154 valence electrons. The number of benzene rings is 2. The fraction of sp³-hybridized carbons (Fsp3) is 0.435. The van der Waals surface area contributed by atoms with Gasteiger partial charge in [-0.1, -0.05) is 6.07 Å². The third kappa shape index (κ3) is 4.88. The maximum atomic E-state index is 13.5. The molecule has 1 aliphatic heterocycles. The Morgan fingerprint density at radius 3 is 2.97 bits per heavy atom. The number of carbonyl (C=O) groups excluding carboxylic acids is 1. The van der Waals surface area contributed by atoms with Gasteiger partial charge in [0.2, 0.25) is 5.91 Å². The Hall–Kier alpha value is -2.60. The second-order valence-electron chi connectivity index (χ2n) is 7.76. The molecule has 2 atom stereocenters. The summed E-state index contributed by atoms with van der Waals surface area (Å²) in [5.41, 5.74) is 3.00. The van der Waals surface area contributed by atoms with E-state index >= 15 is 0 Å². The summed E-state index contributed by atoms with van der Waals surface area (Å²) in [5.74, 6) is 2.30. The van der Waals surface area contributed by atoms with Crippen LogP contribution in [0.3, 0.4) is 0 Å². The third-order valence-electron chi connectivity index (χ3n) is 5.66. The smallest absolute Gasteiger partial charge is 0.224 e. The summed E-state index contributed by atoms with van der Waals surface area (Å²) in [5, 5.41) is 6.37. The van der Waals surface area contributed by atoms with Crippen LogP contribution in [0, 0.1) is 11.7 Å². The number of anilines is 1. The standard InChI is InChI=1S/C23H27FN2O3/c1-28-22-7-5-17(24)12-20(22)19-11-16(19)14-25-9-2-10-29-18-6-3-15-4-8-23(27)26-21(15)13-18/h3,5-7,12-13,16,19,25H,2,4,8-11,14H2,1H3,(H,26,27). The Balaban J connectivity index is 1.15. The highest BCUT2D eigenvalue weighted by Gasteiger charge is 2.39. The molecule has 6 heteroatoms. The summed E-state index contributed by atoms with van der Waals surface area (Å²) in [4.78, 5) is 11.5. The number of carbonyl (C=O) groups is 1. The van der Waals surface area contributed by atoms with E-state index in [9.17, 15) is 9.18 Å². The van der Waals surface area contributed by atoms with Gasteiger partial charge in [-0.3, -0.25) is 4.79 Å². The number of halogens is 1.